The molecule has 2 N–H and O–H groups in total. The number of nitrogens with one attached hydrogen (secondary N) is 2. The highest BCUT2D eigenvalue weighted by Crippen LogP contribution is 2.28. The van der Waals surface area contributed by atoms with E-state index in [1.807, 2.05) is 5.32 Å². The predicted octanol–water partition coefficient (Wildman–Crippen LogP) is 2.94. The highest BCUT2D eigenvalue weighted by Gasteiger charge is 2.20. The molecule has 0 saturated carbocycles. The molecule has 0 fully saturated rings. The van der Waals surface area contributed by atoms with Gasteiger partial charge in [-0.2, -0.15) is 0 Å². The molecule has 7 nitrogen and oxygen atoms in total. The predicted molar refractivity (Wildman–Crippen MR) is 95.6 cm³/mol. The van der Waals surface area contributed by atoms with Crippen molar-refractivity contribution in [2.75, 3.05) is 11.6 Å². The molecule has 140 valence electrons. The lowest BCUT2D eigenvalue weighted by Crippen LogP contribution is -2.35. The average molecular weight is 411 g/mol. The molecular formula is C16H11F2N3O4S2. The lowest BCUT2D eigenvalue weighted by Gasteiger charge is -2.06. The topological polar surface area (TPSA) is 105 Å². The van der Waals surface area contributed by atoms with Crippen LogP contribution in [0, 0.1) is 11.6 Å². The summed E-state index contributed by atoms with van der Waals surface area (Å²) in [7, 11) is -3.40. The van der Waals surface area contributed by atoms with E-state index in [1.165, 1.54) is 18.2 Å². The fraction of sp³-hybridized carbons (Fsp3) is 0.0625. The maximum absolute atomic E-state index is 13.6. The first-order valence-electron chi connectivity index (χ1n) is 7.32. The average Bonchev–Trinajstić information content (AvgIpc) is 2.94. The first-order valence-corrected chi connectivity index (χ1v) is 10.0. The second-order valence-corrected chi connectivity index (χ2v) is 8.47. The van der Waals surface area contributed by atoms with Crippen LogP contribution in [0.5, 0.6) is 0 Å². The van der Waals surface area contributed by atoms with Gasteiger partial charge in [0.05, 0.1) is 15.1 Å². The van der Waals surface area contributed by atoms with Crippen LogP contribution in [0.1, 0.15) is 10.4 Å². The third kappa shape index (κ3) is 4.09. The minimum Gasteiger partial charge on any atom is -0.283 e. The van der Waals surface area contributed by atoms with Crippen LogP contribution in [0.3, 0.4) is 0 Å². The summed E-state index contributed by atoms with van der Waals surface area (Å²) in [5, 5.41) is 4.16. The van der Waals surface area contributed by atoms with Gasteiger partial charge in [0.15, 0.2) is 15.0 Å². The first-order chi connectivity index (χ1) is 12.6. The van der Waals surface area contributed by atoms with Crippen molar-refractivity contribution >= 4 is 48.5 Å². The minimum absolute atomic E-state index is 0.0787. The molecule has 0 aliphatic heterocycles. The largest absolute Gasteiger partial charge is 0.327 e. The van der Waals surface area contributed by atoms with Crippen LogP contribution in [0.4, 0.5) is 18.7 Å². The molecule has 0 bridgehead atoms. The van der Waals surface area contributed by atoms with Crippen molar-refractivity contribution < 1.29 is 26.8 Å². The smallest absolute Gasteiger partial charge is 0.283 e. The number of carbonyl (C=O) groups is 2. The number of hydrogen-bond donors (Lipinski definition) is 2. The van der Waals surface area contributed by atoms with Gasteiger partial charge in [-0.25, -0.2) is 27.0 Å². The number of anilines is 1. The number of nitrogens with zero attached hydrogens (tertiary/aromatic N) is 1. The third-order valence-electron chi connectivity index (χ3n) is 3.43. The normalized spacial score (nSPS) is 11.4. The van der Waals surface area contributed by atoms with Crippen molar-refractivity contribution in [3.8, 4) is 0 Å². The molecule has 3 aromatic rings. The lowest BCUT2D eigenvalue weighted by atomic mass is 10.2. The van der Waals surface area contributed by atoms with E-state index in [0.29, 0.717) is 10.2 Å². The number of aromatic nitrogens is 1. The molecule has 0 atom stereocenters. The molecule has 0 spiro atoms. The van der Waals surface area contributed by atoms with Crippen molar-refractivity contribution in [1.29, 1.82) is 0 Å². The van der Waals surface area contributed by atoms with Gasteiger partial charge in [-0.15, -0.1) is 0 Å². The Hall–Kier alpha value is -2.92. The number of thiazole rings is 1. The lowest BCUT2D eigenvalue weighted by molar-refractivity contribution is 0.0959. The van der Waals surface area contributed by atoms with Gasteiger partial charge in [-0.1, -0.05) is 17.4 Å². The Balaban J connectivity index is 1.77. The maximum atomic E-state index is 13.6. The van der Waals surface area contributed by atoms with E-state index < -0.39 is 39.0 Å². The van der Waals surface area contributed by atoms with E-state index in [9.17, 15) is 26.8 Å². The summed E-state index contributed by atoms with van der Waals surface area (Å²) in [6.45, 7) is 0. The Morgan fingerprint density at radius 2 is 1.78 bits per heavy atom. The summed E-state index contributed by atoms with van der Waals surface area (Å²) in [6.07, 6.45) is 1.06. The third-order valence-corrected chi connectivity index (χ3v) is 5.47. The second-order valence-electron chi connectivity index (χ2n) is 5.43. The number of imide groups is 1. The van der Waals surface area contributed by atoms with Crippen molar-refractivity contribution in [2.45, 2.75) is 4.90 Å². The van der Waals surface area contributed by atoms with Gasteiger partial charge in [0.1, 0.15) is 17.2 Å². The number of sulfone groups is 1. The van der Waals surface area contributed by atoms with E-state index in [0.717, 1.165) is 35.8 Å². The van der Waals surface area contributed by atoms with E-state index in [1.54, 1.807) is 0 Å². The molecule has 11 heteroatoms. The van der Waals surface area contributed by atoms with E-state index in [-0.39, 0.29) is 10.0 Å². The highest BCUT2D eigenvalue weighted by atomic mass is 32.2. The number of hydrogen-bond acceptors (Lipinski definition) is 6. The summed E-state index contributed by atoms with van der Waals surface area (Å²) in [5.41, 5.74) is -0.441. The van der Waals surface area contributed by atoms with Gasteiger partial charge in [0.2, 0.25) is 0 Å². The Bertz CT molecular complexity index is 1160. The van der Waals surface area contributed by atoms with Crippen LogP contribution < -0.4 is 10.6 Å². The number of fused-ring (bicyclic) bond motifs is 1. The highest BCUT2D eigenvalue weighted by molar-refractivity contribution is 7.90. The van der Waals surface area contributed by atoms with Gasteiger partial charge in [0, 0.05) is 6.26 Å². The van der Waals surface area contributed by atoms with Crippen LogP contribution in [0.25, 0.3) is 10.2 Å². The number of amides is 3. The Morgan fingerprint density at radius 1 is 1.11 bits per heavy atom. The molecule has 3 rings (SSSR count). The number of halogens is 2. The Kier molecular flexibility index (Phi) is 4.89. The summed E-state index contributed by atoms with van der Waals surface area (Å²) >= 11 is 0.978. The molecular weight excluding hydrogens is 400 g/mol. The molecule has 0 radical (unpaired) electrons. The van der Waals surface area contributed by atoms with Crippen molar-refractivity contribution in [1.82, 2.24) is 10.3 Å². The monoisotopic (exact) mass is 411 g/mol. The van der Waals surface area contributed by atoms with Gasteiger partial charge in [-0.3, -0.25) is 15.4 Å². The van der Waals surface area contributed by atoms with E-state index >= 15 is 0 Å². The Morgan fingerprint density at radius 3 is 2.41 bits per heavy atom. The minimum atomic E-state index is -3.40. The van der Waals surface area contributed by atoms with Crippen LogP contribution in [-0.4, -0.2) is 31.6 Å². The van der Waals surface area contributed by atoms with E-state index in [2.05, 4.69) is 10.3 Å². The second kappa shape index (κ2) is 7.00. The first kappa shape index (κ1) is 18.9. The maximum Gasteiger partial charge on any atom is 0.327 e. The van der Waals surface area contributed by atoms with Crippen molar-refractivity contribution in [2.24, 2.45) is 0 Å². The van der Waals surface area contributed by atoms with Crippen molar-refractivity contribution in [3.63, 3.8) is 0 Å². The fourth-order valence-electron chi connectivity index (χ4n) is 2.20. The summed E-state index contributed by atoms with van der Waals surface area (Å²) in [6, 6.07) is 6.10. The quantitative estimate of drug-likeness (QED) is 0.689. The SMILES string of the molecule is CS(=O)(=O)c1ccc2nc(NC(=O)NC(=O)c3c(F)cccc3F)sc2c1. The zero-order chi connectivity index (χ0) is 19.8. The fourth-order valence-corrected chi connectivity index (χ4v) is 3.82. The molecule has 0 aliphatic rings. The molecule has 1 heterocycles. The summed E-state index contributed by atoms with van der Waals surface area (Å²) in [5.74, 6) is -3.45. The van der Waals surface area contributed by atoms with Gasteiger partial charge < -0.3 is 0 Å². The van der Waals surface area contributed by atoms with Gasteiger partial charge >= 0.3 is 6.03 Å². The summed E-state index contributed by atoms with van der Waals surface area (Å²) in [4.78, 5) is 28.0. The van der Waals surface area contributed by atoms with Gasteiger partial charge in [-0.05, 0) is 30.3 Å². The molecule has 27 heavy (non-hydrogen) atoms. The van der Waals surface area contributed by atoms with Gasteiger partial charge in [0.25, 0.3) is 5.91 Å². The molecule has 0 saturated heterocycles. The molecule has 0 aliphatic carbocycles. The Labute approximate surface area is 156 Å². The number of benzene rings is 2. The summed E-state index contributed by atoms with van der Waals surface area (Å²) < 4.78 is 50.8. The zero-order valence-corrected chi connectivity index (χ0v) is 15.2. The van der Waals surface area contributed by atoms with E-state index in [4.69, 9.17) is 0 Å². The molecule has 0 unspecified atom stereocenters. The number of rotatable bonds is 3. The number of carbonyl (C=O) groups excluding carboxylic acids is 2. The molecule has 1 aromatic heterocycles. The standard InChI is InChI=1S/C16H11F2N3O4S2/c1-27(24,25)8-5-6-11-12(7-8)26-16(19-11)21-15(23)20-14(22)13-9(17)3-2-4-10(13)18/h2-7H,1H3,(H2,19,20,21,22,23). The van der Waals surface area contributed by atoms with Crippen molar-refractivity contribution in [3.05, 3.63) is 53.6 Å². The van der Waals surface area contributed by atoms with Crippen LogP contribution in [0.15, 0.2) is 41.3 Å². The molecule has 3 amide bonds. The molecule has 2 aromatic carbocycles. The van der Waals surface area contributed by atoms with Crippen LogP contribution >= 0.6 is 11.3 Å². The zero-order valence-electron chi connectivity index (χ0n) is 13.6. The van der Waals surface area contributed by atoms with Crippen LogP contribution in [-0.2, 0) is 9.84 Å². The number of urea groups is 1. The van der Waals surface area contributed by atoms with Crippen LogP contribution in [0.2, 0.25) is 0 Å².